The number of aliphatic carboxylic acids is 1. The smallest absolute Gasteiger partial charge is 0.303 e. The van der Waals surface area contributed by atoms with Crippen LogP contribution in [0.15, 0.2) is 24.3 Å². The van der Waals surface area contributed by atoms with Crippen LogP contribution in [0.2, 0.25) is 0 Å². The lowest BCUT2D eigenvalue weighted by molar-refractivity contribution is -0.137. The minimum Gasteiger partial charge on any atom is -0.494 e. The zero-order valence-corrected chi connectivity index (χ0v) is 9.19. The third-order valence-electron chi connectivity index (χ3n) is 2.21. The molecular formula is C12H17NO3. The minimum absolute atomic E-state index is 0.204. The maximum absolute atomic E-state index is 10.3. The molecule has 0 saturated carbocycles. The van der Waals surface area contributed by atoms with Gasteiger partial charge in [0.15, 0.2) is 0 Å². The van der Waals surface area contributed by atoms with Crippen molar-refractivity contribution in [1.82, 2.24) is 0 Å². The molecule has 0 atom stereocenters. The van der Waals surface area contributed by atoms with Crippen molar-refractivity contribution in [2.45, 2.75) is 25.8 Å². The predicted molar refractivity (Wildman–Crippen MR) is 61.3 cm³/mol. The second-order valence-electron chi connectivity index (χ2n) is 3.55. The fourth-order valence-electron chi connectivity index (χ4n) is 1.29. The van der Waals surface area contributed by atoms with Crippen LogP contribution in [0.5, 0.6) is 5.75 Å². The standard InChI is InChI=1S/C12H17NO3/c13-9-10-4-6-11(7-5-10)16-8-2-1-3-12(14)15/h4-7H,1-3,8-9,13H2,(H,14,15). The van der Waals surface area contributed by atoms with E-state index in [1.54, 1.807) is 0 Å². The van der Waals surface area contributed by atoms with E-state index in [9.17, 15) is 4.79 Å². The Hall–Kier alpha value is -1.55. The van der Waals surface area contributed by atoms with Crippen LogP contribution in [-0.2, 0) is 11.3 Å². The number of hydrogen-bond acceptors (Lipinski definition) is 3. The first-order valence-electron chi connectivity index (χ1n) is 5.36. The molecule has 4 nitrogen and oxygen atoms in total. The van der Waals surface area contributed by atoms with Crippen LogP contribution in [0.3, 0.4) is 0 Å². The average molecular weight is 223 g/mol. The molecule has 88 valence electrons. The second kappa shape index (κ2) is 6.85. The monoisotopic (exact) mass is 223 g/mol. The van der Waals surface area contributed by atoms with Crippen molar-refractivity contribution in [3.05, 3.63) is 29.8 Å². The molecule has 1 aromatic rings. The zero-order chi connectivity index (χ0) is 11.8. The van der Waals surface area contributed by atoms with Gasteiger partial charge in [0, 0.05) is 13.0 Å². The van der Waals surface area contributed by atoms with Crippen molar-refractivity contribution in [2.75, 3.05) is 6.61 Å². The summed E-state index contributed by atoms with van der Waals surface area (Å²) >= 11 is 0. The van der Waals surface area contributed by atoms with Gasteiger partial charge >= 0.3 is 5.97 Å². The molecule has 0 amide bonds. The number of nitrogens with two attached hydrogens (primary N) is 1. The average Bonchev–Trinajstić information content (AvgIpc) is 2.29. The first-order chi connectivity index (χ1) is 7.72. The highest BCUT2D eigenvalue weighted by Gasteiger charge is 1.97. The summed E-state index contributed by atoms with van der Waals surface area (Å²) in [6, 6.07) is 7.60. The van der Waals surface area contributed by atoms with E-state index in [0.29, 0.717) is 19.6 Å². The van der Waals surface area contributed by atoms with Crippen molar-refractivity contribution in [3.8, 4) is 5.75 Å². The highest BCUT2D eigenvalue weighted by Crippen LogP contribution is 2.12. The molecule has 0 saturated heterocycles. The number of carboxylic acid groups (broad SMARTS) is 1. The Morgan fingerprint density at radius 2 is 1.94 bits per heavy atom. The van der Waals surface area contributed by atoms with E-state index in [4.69, 9.17) is 15.6 Å². The molecule has 0 aliphatic heterocycles. The number of hydrogen-bond donors (Lipinski definition) is 2. The lowest BCUT2D eigenvalue weighted by atomic mass is 10.2. The number of rotatable bonds is 7. The molecule has 0 bridgehead atoms. The normalized spacial score (nSPS) is 10.1. The van der Waals surface area contributed by atoms with Crippen molar-refractivity contribution in [3.63, 3.8) is 0 Å². The van der Waals surface area contributed by atoms with E-state index < -0.39 is 5.97 Å². The minimum atomic E-state index is -0.757. The van der Waals surface area contributed by atoms with E-state index in [1.807, 2.05) is 24.3 Å². The number of carboxylic acids is 1. The molecular weight excluding hydrogens is 206 g/mol. The van der Waals surface area contributed by atoms with E-state index in [1.165, 1.54) is 0 Å². The van der Waals surface area contributed by atoms with Crippen LogP contribution in [0, 0.1) is 0 Å². The Morgan fingerprint density at radius 1 is 1.25 bits per heavy atom. The molecule has 0 fully saturated rings. The van der Waals surface area contributed by atoms with Crippen LogP contribution in [0.1, 0.15) is 24.8 Å². The molecule has 0 radical (unpaired) electrons. The Morgan fingerprint density at radius 3 is 2.50 bits per heavy atom. The van der Waals surface area contributed by atoms with E-state index in [0.717, 1.165) is 17.7 Å². The SMILES string of the molecule is NCc1ccc(OCCCCC(=O)O)cc1. The third-order valence-corrected chi connectivity index (χ3v) is 2.21. The van der Waals surface area contributed by atoms with Gasteiger partial charge in [-0.3, -0.25) is 4.79 Å². The topological polar surface area (TPSA) is 72.5 Å². The van der Waals surface area contributed by atoms with E-state index >= 15 is 0 Å². The van der Waals surface area contributed by atoms with Gasteiger partial charge < -0.3 is 15.6 Å². The maximum atomic E-state index is 10.3. The molecule has 0 aromatic heterocycles. The second-order valence-corrected chi connectivity index (χ2v) is 3.55. The fraction of sp³-hybridized carbons (Fsp3) is 0.417. The number of ether oxygens (including phenoxy) is 1. The van der Waals surface area contributed by atoms with Gasteiger partial charge in [0.05, 0.1) is 6.61 Å². The van der Waals surface area contributed by atoms with Crippen LogP contribution in [0.4, 0.5) is 0 Å². The predicted octanol–water partition coefficient (Wildman–Crippen LogP) is 1.78. The summed E-state index contributed by atoms with van der Waals surface area (Å²) < 4.78 is 5.45. The summed E-state index contributed by atoms with van der Waals surface area (Å²) in [6.45, 7) is 1.08. The Labute approximate surface area is 95.0 Å². The van der Waals surface area contributed by atoms with Crippen molar-refractivity contribution in [1.29, 1.82) is 0 Å². The van der Waals surface area contributed by atoms with Crippen molar-refractivity contribution < 1.29 is 14.6 Å². The molecule has 16 heavy (non-hydrogen) atoms. The van der Waals surface area contributed by atoms with Crippen LogP contribution < -0.4 is 10.5 Å². The molecule has 4 heteroatoms. The number of carbonyl (C=O) groups is 1. The molecule has 0 spiro atoms. The van der Waals surface area contributed by atoms with Gasteiger partial charge in [-0.2, -0.15) is 0 Å². The maximum Gasteiger partial charge on any atom is 0.303 e. The Bertz CT molecular complexity index is 322. The third kappa shape index (κ3) is 4.79. The molecule has 0 aliphatic carbocycles. The summed E-state index contributed by atoms with van der Waals surface area (Å²) in [5, 5.41) is 8.43. The van der Waals surface area contributed by atoms with Crippen molar-refractivity contribution >= 4 is 5.97 Å². The molecule has 0 heterocycles. The molecule has 1 aromatic carbocycles. The molecule has 0 aliphatic rings. The fourth-order valence-corrected chi connectivity index (χ4v) is 1.29. The quantitative estimate of drug-likeness (QED) is 0.691. The molecule has 3 N–H and O–H groups in total. The van der Waals surface area contributed by atoms with E-state index in [2.05, 4.69) is 0 Å². The molecule has 0 unspecified atom stereocenters. The highest BCUT2D eigenvalue weighted by molar-refractivity contribution is 5.66. The highest BCUT2D eigenvalue weighted by atomic mass is 16.5. The van der Waals surface area contributed by atoms with E-state index in [-0.39, 0.29) is 6.42 Å². The van der Waals surface area contributed by atoms with Gasteiger partial charge in [0.1, 0.15) is 5.75 Å². The summed E-state index contributed by atoms with van der Waals surface area (Å²) in [7, 11) is 0. The van der Waals surface area contributed by atoms with Crippen LogP contribution in [-0.4, -0.2) is 17.7 Å². The summed E-state index contributed by atoms with van der Waals surface area (Å²) in [6.07, 6.45) is 1.61. The summed E-state index contributed by atoms with van der Waals surface area (Å²) in [5.41, 5.74) is 6.54. The summed E-state index contributed by atoms with van der Waals surface area (Å²) in [4.78, 5) is 10.3. The van der Waals surface area contributed by atoms with Gasteiger partial charge in [0.2, 0.25) is 0 Å². The van der Waals surface area contributed by atoms with Gasteiger partial charge in [-0.15, -0.1) is 0 Å². The number of unbranched alkanes of at least 4 members (excludes halogenated alkanes) is 1. The van der Waals surface area contributed by atoms with Gasteiger partial charge in [-0.05, 0) is 30.5 Å². The zero-order valence-electron chi connectivity index (χ0n) is 9.19. The van der Waals surface area contributed by atoms with Gasteiger partial charge in [0.25, 0.3) is 0 Å². The van der Waals surface area contributed by atoms with Crippen LogP contribution >= 0.6 is 0 Å². The number of benzene rings is 1. The van der Waals surface area contributed by atoms with Gasteiger partial charge in [-0.25, -0.2) is 0 Å². The Balaban J connectivity index is 2.19. The largest absolute Gasteiger partial charge is 0.494 e. The lowest BCUT2D eigenvalue weighted by Gasteiger charge is -2.06. The van der Waals surface area contributed by atoms with Gasteiger partial charge in [-0.1, -0.05) is 12.1 Å². The summed E-state index contributed by atoms with van der Waals surface area (Å²) in [5.74, 6) is 0.0415. The lowest BCUT2D eigenvalue weighted by Crippen LogP contribution is -2.01. The van der Waals surface area contributed by atoms with Crippen LogP contribution in [0.25, 0.3) is 0 Å². The molecule has 1 rings (SSSR count). The Kier molecular flexibility index (Phi) is 5.36. The first kappa shape index (κ1) is 12.5. The first-order valence-corrected chi connectivity index (χ1v) is 5.36. The van der Waals surface area contributed by atoms with Crippen molar-refractivity contribution in [2.24, 2.45) is 5.73 Å².